The maximum Gasteiger partial charge on any atom is 0.315 e. The Kier molecular flexibility index (Phi) is 2.15. The van der Waals surface area contributed by atoms with Crippen molar-refractivity contribution in [3.05, 3.63) is 29.8 Å². The van der Waals surface area contributed by atoms with Gasteiger partial charge in [0.15, 0.2) is 0 Å². The van der Waals surface area contributed by atoms with Gasteiger partial charge in [0.1, 0.15) is 5.92 Å². The van der Waals surface area contributed by atoms with Crippen molar-refractivity contribution in [1.82, 2.24) is 0 Å². The summed E-state index contributed by atoms with van der Waals surface area (Å²) >= 11 is 0. The molecule has 1 aliphatic heterocycles. The van der Waals surface area contributed by atoms with Gasteiger partial charge in [-0.25, -0.2) is 0 Å². The number of esters is 1. The van der Waals surface area contributed by atoms with Crippen LogP contribution in [0, 0.1) is 0 Å². The Morgan fingerprint density at radius 1 is 1.43 bits per heavy atom. The fraction of sp³-hybridized carbons (Fsp3) is 0.364. The zero-order chi connectivity index (χ0) is 10.1. The zero-order valence-corrected chi connectivity index (χ0v) is 8.28. The van der Waals surface area contributed by atoms with Crippen molar-refractivity contribution in [2.24, 2.45) is 0 Å². The normalized spacial score (nSPS) is 23.9. The largest absolute Gasteiger partial charge is 0.468 e. The standard InChI is InChI=1S/C11H13NO2/c1-7-10(11(13)14-2)8-5-3-4-6-9(8)12-7/h3-7,10,12H,1-2H3. The number of benzene rings is 1. The van der Waals surface area contributed by atoms with Gasteiger partial charge in [0.05, 0.1) is 7.11 Å². The van der Waals surface area contributed by atoms with Crippen LogP contribution in [0.2, 0.25) is 0 Å². The highest BCUT2D eigenvalue weighted by atomic mass is 16.5. The number of methoxy groups -OCH3 is 1. The first kappa shape index (κ1) is 9.06. The predicted octanol–water partition coefficient (Wildman–Crippen LogP) is 1.76. The lowest BCUT2D eigenvalue weighted by Crippen LogP contribution is -2.24. The number of ether oxygens (including phenoxy) is 1. The van der Waals surface area contributed by atoms with Gasteiger partial charge in [0.25, 0.3) is 0 Å². The van der Waals surface area contributed by atoms with Gasteiger partial charge >= 0.3 is 5.97 Å². The van der Waals surface area contributed by atoms with E-state index in [-0.39, 0.29) is 17.9 Å². The highest BCUT2D eigenvalue weighted by Gasteiger charge is 2.34. The molecule has 1 heterocycles. The van der Waals surface area contributed by atoms with E-state index in [0.717, 1.165) is 11.3 Å². The van der Waals surface area contributed by atoms with Crippen molar-refractivity contribution in [1.29, 1.82) is 0 Å². The molecule has 1 aromatic rings. The maximum absolute atomic E-state index is 11.5. The lowest BCUT2D eigenvalue weighted by atomic mass is 9.96. The van der Waals surface area contributed by atoms with Crippen LogP contribution in [0.5, 0.6) is 0 Å². The molecule has 0 radical (unpaired) electrons. The van der Waals surface area contributed by atoms with Crippen molar-refractivity contribution >= 4 is 11.7 Å². The summed E-state index contributed by atoms with van der Waals surface area (Å²) < 4.78 is 4.78. The fourth-order valence-electron chi connectivity index (χ4n) is 1.96. The monoisotopic (exact) mass is 191 g/mol. The van der Waals surface area contributed by atoms with Gasteiger partial charge in [-0.3, -0.25) is 4.79 Å². The molecule has 0 aromatic heterocycles. The average molecular weight is 191 g/mol. The molecule has 0 aliphatic carbocycles. The van der Waals surface area contributed by atoms with Crippen molar-refractivity contribution in [3.63, 3.8) is 0 Å². The Hall–Kier alpha value is -1.51. The molecule has 14 heavy (non-hydrogen) atoms. The molecule has 0 spiro atoms. The maximum atomic E-state index is 11.5. The van der Waals surface area contributed by atoms with Gasteiger partial charge < -0.3 is 10.1 Å². The summed E-state index contributed by atoms with van der Waals surface area (Å²) in [6, 6.07) is 7.95. The van der Waals surface area contributed by atoms with E-state index in [1.54, 1.807) is 0 Å². The van der Waals surface area contributed by atoms with Crippen LogP contribution in [0.25, 0.3) is 0 Å². The Balaban J connectivity index is 2.39. The van der Waals surface area contributed by atoms with Gasteiger partial charge in [0, 0.05) is 11.7 Å². The lowest BCUT2D eigenvalue weighted by Gasteiger charge is -2.12. The third-order valence-electron chi connectivity index (χ3n) is 2.63. The summed E-state index contributed by atoms with van der Waals surface area (Å²) in [5.74, 6) is -0.342. The Morgan fingerprint density at radius 2 is 2.14 bits per heavy atom. The second-order valence-corrected chi connectivity index (χ2v) is 3.52. The minimum absolute atomic E-state index is 0.111. The number of carbonyl (C=O) groups is 1. The van der Waals surface area contributed by atoms with Crippen molar-refractivity contribution in [2.75, 3.05) is 12.4 Å². The number of nitrogens with one attached hydrogen (secondary N) is 1. The molecule has 0 fully saturated rings. The van der Waals surface area contributed by atoms with Gasteiger partial charge in [-0.05, 0) is 18.6 Å². The van der Waals surface area contributed by atoms with Gasteiger partial charge in [-0.2, -0.15) is 0 Å². The smallest absolute Gasteiger partial charge is 0.315 e. The molecule has 1 N–H and O–H groups in total. The van der Waals surface area contributed by atoms with E-state index in [0.29, 0.717) is 0 Å². The number of anilines is 1. The summed E-state index contributed by atoms with van der Waals surface area (Å²) in [7, 11) is 1.43. The van der Waals surface area contributed by atoms with Crippen LogP contribution in [0.3, 0.4) is 0 Å². The molecule has 2 atom stereocenters. The van der Waals surface area contributed by atoms with Crippen LogP contribution in [0.15, 0.2) is 24.3 Å². The molecule has 1 aliphatic rings. The van der Waals surface area contributed by atoms with Gasteiger partial charge in [-0.1, -0.05) is 18.2 Å². The zero-order valence-electron chi connectivity index (χ0n) is 8.28. The van der Waals surface area contributed by atoms with Crippen LogP contribution in [-0.4, -0.2) is 19.1 Å². The van der Waals surface area contributed by atoms with Crippen LogP contribution in [-0.2, 0) is 9.53 Å². The molecular weight excluding hydrogens is 178 g/mol. The molecule has 0 saturated carbocycles. The second kappa shape index (κ2) is 3.33. The molecule has 2 rings (SSSR count). The Morgan fingerprint density at radius 3 is 2.86 bits per heavy atom. The van der Waals surface area contributed by atoms with Crippen molar-refractivity contribution < 1.29 is 9.53 Å². The molecule has 0 bridgehead atoms. The van der Waals surface area contributed by atoms with Crippen LogP contribution in [0.4, 0.5) is 5.69 Å². The van der Waals surface area contributed by atoms with Crippen LogP contribution >= 0.6 is 0 Å². The molecule has 2 unspecified atom stereocenters. The number of rotatable bonds is 1. The van der Waals surface area contributed by atoms with Crippen LogP contribution < -0.4 is 5.32 Å². The van der Waals surface area contributed by atoms with Crippen molar-refractivity contribution in [2.45, 2.75) is 18.9 Å². The topological polar surface area (TPSA) is 38.3 Å². The quantitative estimate of drug-likeness (QED) is 0.687. The van der Waals surface area contributed by atoms with E-state index in [1.165, 1.54) is 7.11 Å². The SMILES string of the molecule is COC(=O)C1c2ccccc2NC1C. The predicted molar refractivity (Wildman–Crippen MR) is 54.3 cm³/mol. The van der Waals surface area contributed by atoms with Crippen LogP contribution in [0.1, 0.15) is 18.4 Å². The fourth-order valence-corrected chi connectivity index (χ4v) is 1.96. The summed E-state index contributed by atoms with van der Waals surface area (Å²) in [4.78, 5) is 11.5. The molecule has 1 aromatic carbocycles. The summed E-state index contributed by atoms with van der Waals surface area (Å²) in [5, 5.41) is 3.26. The van der Waals surface area contributed by atoms with Gasteiger partial charge in [0.2, 0.25) is 0 Å². The molecule has 0 saturated heterocycles. The highest BCUT2D eigenvalue weighted by molar-refractivity contribution is 5.84. The lowest BCUT2D eigenvalue weighted by molar-refractivity contribution is -0.142. The molecular formula is C11H13NO2. The van der Waals surface area contributed by atoms with E-state index in [4.69, 9.17) is 4.74 Å². The van der Waals surface area contributed by atoms with E-state index >= 15 is 0 Å². The Bertz CT molecular complexity index is 362. The Labute approximate surface area is 83.1 Å². The molecule has 74 valence electrons. The molecule has 0 amide bonds. The van der Waals surface area contributed by atoms with E-state index in [2.05, 4.69) is 5.32 Å². The molecule has 3 heteroatoms. The number of hydrogen-bond donors (Lipinski definition) is 1. The first-order valence-corrected chi connectivity index (χ1v) is 4.67. The van der Waals surface area contributed by atoms with E-state index in [1.807, 2.05) is 31.2 Å². The summed E-state index contributed by atoms with van der Waals surface area (Å²) in [6.07, 6.45) is 0. The third kappa shape index (κ3) is 1.25. The summed E-state index contributed by atoms with van der Waals surface area (Å²) in [6.45, 7) is 1.99. The molecule has 3 nitrogen and oxygen atoms in total. The minimum atomic E-state index is -0.171. The number of hydrogen-bond acceptors (Lipinski definition) is 3. The second-order valence-electron chi connectivity index (χ2n) is 3.52. The van der Waals surface area contributed by atoms with Gasteiger partial charge in [-0.15, -0.1) is 0 Å². The third-order valence-corrected chi connectivity index (χ3v) is 2.63. The van der Waals surface area contributed by atoms with Crippen molar-refractivity contribution in [3.8, 4) is 0 Å². The number of fused-ring (bicyclic) bond motifs is 1. The number of para-hydroxylation sites is 1. The summed E-state index contributed by atoms with van der Waals surface area (Å²) in [5.41, 5.74) is 2.07. The highest BCUT2D eigenvalue weighted by Crippen LogP contribution is 2.35. The van der Waals surface area contributed by atoms with E-state index in [9.17, 15) is 4.79 Å². The first-order valence-electron chi connectivity index (χ1n) is 4.67. The first-order chi connectivity index (χ1) is 6.74. The average Bonchev–Trinajstić information content (AvgIpc) is 2.53. The minimum Gasteiger partial charge on any atom is -0.468 e. The number of carbonyl (C=O) groups excluding carboxylic acids is 1. The van der Waals surface area contributed by atoms with E-state index < -0.39 is 0 Å².